The molecule has 4 heteroatoms. The molecule has 18 heavy (non-hydrogen) atoms. The molecule has 2 heterocycles. The highest BCUT2D eigenvalue weighted by molar-refractivity contribution is 5.79. The highest BCUT2D eigenvalue weighted by Gasteiger charge is 2.13. The van der Waals surface area contributed by atoms with E-state index in [1.54, 1.807) is 0 Å². The van der Waals surface area contributed by atoms with E-state index < -0.39 is 0 Å². The second kappa shape index (κ2) is 4.98. The van der Waals surface area contributed by atoms with Gasteiger partial charge in [0.15, 0.2) is 0 Å². The van der Waals surface area contributed by atoms with Gasteiger partial charge in [0.2, 0.25) is 0 Å². The van der Waals surface area contributed by atoms with E-state index in [0.29, 0.717) is 0 Å². The fourth-order valence-electron chi connectivity index (χ4n) is 2.63. The summed E-state index contributed by atoms with van der Waals surface area (Å²) in [5, 5.41) is 6.90. The number of nitrogens with zero attached hydrogens (tertiary/aromatic N) is 1. The smallest absolute Gasteiger partial charge is 0.104 e. The number of aromatic amines is 1. The molecular formula is C14H20N4. The van der Waals surface area contributed by atoms with Crippen molar-refractivity contribution >= 4 is 16.7 Å². The van der Waals surface area contributed by atoms with E-state index in [9.17, 15) is 0 Å². The van der Waals surface area contributed by atoms with Crippen LogP contribution in [-0.2, 0) is 0 Å². The van der Waals surface area contributed by atoms with Crippen LogP contribution in [0.1, 0.15) is 18.7 Å². The number of imidazole rings is 1. The van der Waals surface area contributed by atoms with Crippen LogP contribution < -0.4 is 10.6 Å². The number of benzene rings is 1. The highest BCUT2D eigenvalue weighted by Crippen LogP contribution is 2.18. The molecule has 0 aliphatic carbocycles. The van der Waals surface area contributed by atoms with Crippen LogP contribution in [-0.4, -0.2) is 29.6 Å². The summed E-state index contributed by atoms with van der Waals surface area (Å²) in [7, 11) is 0. The van der Waals surface area contributed by atoms with Crippen LogP contribution in [0.5, 0.6) is 0 Å². The Morgan fingerprint density at radius 2 is 2.39 bits per heavy atom. The van der Waals surface area contributed by atoms with E-state index in [1.807, 2.05) is 6.92 Å². The van der Waals surface area contributed by atoms with E-state index in [4.69, 9.17) is 0 Å². The zero-order valence-corrected chi connectivity index (χ0v) is 10.8. The van der Waals surface area contributed by atoms with Crippen LogP contribution in [0.15, 0.2) is 18.2 Å². The van der Waals surface area contributed by atoms with Crippen molar-refractivity contribution in [3.8, 4) is 0 Å². The van der Waals surface area contributed by atoms with Gasteiger partial charge in [0.25, 0.3) is 0 Å². The normalized spacial score (nSPS) is 19.5. The SMILES string of the molecule is Cc1nc2ccc(NCCC3CCNC3)cc2[nH]1. The average molecular weight is 244 g/mol. The second-order valence-electron chi connectivity index (χ2n) is 5.13. The van der Waals surface area contributed by atoms with Crippen LogP contribution >= 0.6 is 0 Å². The number of fused-ring (bicyclic) bond motifs is 1. The van der Waals surface area contributed by atoms with Crippen molar-refractivity contribution in [1.29, 1.82) is 0 Å². The summed E-state index contributed by atoms with van der Waals surface area (Å²) in [6.45, 7) is 5.40. The fraction of sp³-hybridized carbons (Fsp3) is 0.500. The van der Waals surface area contributed by atoms with E-state index >= 15 is 0 Å². The molecule has 1 saturated heterocycles. The van der Waals surface area contributed by atoms with Crippen molar-refractivity contribution in [2.45, 2.75) is 19.8 Å². The van der Waals surface area contributed by atoms with E-state index in [2.05, 4.69) is 38.8 Å². The van der Waals surface area contributed by atoms with Crippen molar-refractivity contribution in [3.63, 3.8) is 0 Å². The summed E-state index contributed by atoms with van der Waals surface area (Å²) in [5.41, 5.74) is 3.33. The standard InChI is InChI=1S/C14H20N4/c1-10-17-13-3-2-12(8-14(13)18-10)16-7-5-11-4-6-15-9-11/h2-3,8,11,15-16H,4-7,9H2,1H3,(H,17,18). The molecule has 0 radical (unpaired) electrons. The Kier molecular flexibility index (Phi) is 3.19. The number of H-pyrrole nitrogens is 1. The van der Waals surface area contributed by atoms with Crippen molar-refractivity contribution in [2.75, 3.05) is 25.0 Å². The van der Waals surface area contributed by atoms with Gasteiger partial charge in [-0.3, -0.25) is 0 Å². The quantitative estimate of drug-likeness (QED) is 0.773. The zero-order chi connectivity index (χ0) is 12.4. The predicted octanol–water partition coefficient (Wildman–Crippen LogP) is 2.28. The summed E-state index contributed by atoms with van der Waals surface area (Å²) >= 11 is 0. The molecule has 2 aromatic rings. The number of hydrogen-bond acceptors (Lipinski definition) is 3. The Morgan fingerprint density at radius 1 is 1.44 bits per heavy atom. The van der Waals surface area contributed by atoms with Gasteiger partial charge in [-0.2, -0.15) is 0 Å². The molecule has 0 amide bonds. The minimum atomic E-state index is 0.843. The molecule has 1 aliphatic rings. The van der Waals surface area contributed by atoms with Crippen molar-refractivity contribution < 1.29 is 0 Å². The Morgan fingerprint density at radius 3 is 3.22 bits per heavy atom. The topological polar surface area (TPSA) is 52.7 Å². The first-order chi connectivity index (χ1) is 8.81. The van der Waals surface area contributed by atoms with E-state index in [1.165, 1.54) is 31.6 Å². The van der Waals surface area contributed by atoms with Crippen molar-refractivity contribution in [2.24, 2.45) is 5.92 Å². The minimum absolute atomic E-state index is 0.843. The van der Waals surface area contributed by atoms with Gasteiger partial charge in [-0.25, -0.2) is 4.98 Å². The van der Waals surface area contributed by atoms with Gasteiger partial charge < -0.3 is 15.6 Å². The molecule has 3 N–H and O–H groups in total. The van der Waals surface area contributed by atoms with Crippen LogP contribution in [0.25, 0.3) is 11.0 Å². The minimum Gasteiger partial charge on any atom is -0.385 e. The summed E-state index contributed by atoms with van der Waals surface area (Å²) < 4.78 is 0. The maximum atomic E-state index is 4.41. The summed E-state index contributed by atoms with van der Waals surface area (Å²) in [5.74, 6) is 1.81. The number of aryl methyl sites for hydroxylation is 1. The number of anilines is 1. The molecule has 1 unspecified atom stereocenters. The number of rotatable bonds is 4. The first-order valence-electron chi connectivity index (χ1n) is 6.72. The Balaban J connectivity index is 1.59. The van der Waals surface area contributed by atoms with Gasteiger partial charge >= 0.3 is 0 Å². The van der Waals surface area contributed by atoms with Crippen LogP contribution in [0.3, 0.4) is 0 Å². The van der Waals surface area contributed by atoms with Gasteiger partial charge in [0.05, 0.1) is 11.0 Å². The highest BCUT2D eigenvalue weighted by atomic mass is 14.9. The lowest BCUT2D eigenvalue weighted by Crippen LogP contribution is -2.12. The van der Waals surface area contributed by atoms with Gasteiger partial charge in [-0.05, 0) is 57.0 Å². The molecule has 3 rings (SSSR count). The van der Waals surface area contributed by atoms with Gasteiger partial charge in [-0.15, -0.1) is 0 Å². The second-order valence-corrected chi connectivity index (χ2v) is 5.13. The Bertz CT molecular complexity index is 526. The lowest BCUT2D eigenvalue weighted by atomic mass is 10.1. The summed E-state index contributed by atoms with van der Waals surface area (Å²) in [6, 6.07) is 6.32. The van der Waals surface area contributed by atoms with Crippen LogP contribution in [0, 0.1) is 12.8 Å². The van der Waals surface area contributed by atoms with Crippen LogP contribution in [0.4, 0.5) is 5.69 Å². The lowest BCUT2D eigenvalue weighted by molar-refractivity contribution is 0.549. The maximum absolute atomic E-state index is 4.41. The monoisotopic (exact) mass is 244 g/mol. The molecule has 1 aliphatic heterocycles. The number of nitrogens with one attached hydrogen (secondary N) is 3. The van der Waals surface area contributed by atoms with Crippen molar-refractivity contribution in [1.82, 2.24) is 15.3 Å². The van der Waals surface area contributed by atoms with E-state index in [-0.39, 0.29) is 0 Å². The molecule has 1 aromatic heterocycles. The third-order valence-electron chi connectivity index (χ3n) is 3.64. The first kappa shape index (κ1) is 11.5. The molecule has 4 nitrogen and oxygen atoms in total. The average Bonchev–Trinajstić information content (AvgIpc) is 2.96. The molecule has 0 spiro atoms. The van der Waals surface area contributed by atoms with Gasteiger partial charge in [0.1, 0.15) is 5.82 Å². The van der Waals surface area contributed by atoms with Crippen molar-refractivity contribution in [3.05, 3.63) is 24.0 Å². The number of hydrogen-bond donors (Lipinski definition) is 3. The third kappa shape index (κ3) is 2.48. The zero-order valence-electron chi connectivity index (χ0n) is 10.8. The molecule has 0 saturated carbocycles. The van der Waals surface area contributed by atoms with Crippen LogP contribution in [0.2, 0.25) is 0 Å². The fourth-order valence-corrected chi connectivity index (χ4v) is 2.63. The maximum Gasteiger partial charge on any atom is 0.104 e. The van der Waals surface area contributed by atoms with Gasteiger partial charge in [0, 0.05) is 12.2 Å². The molecule has 1 aromatic carbocycles. The van der Waals surface area contributed by atoms with E-state index in [0.717, 1.165) is 29.3 Å². The molecule has 96 valence electrons. The van der Waals surface area contributed by atoms with Gasteiger partial charge in [-0.1, -0.05) is 0 Å². The molecule has 1 fully saturated rings. The molecular weight excluding hydrogens is 224 g/mol. The summed E-state index contributed by atoms with van der Waals surface area (Å²) in [4.78, 5) is 7.68. The Hall–Kier alpha value is -1.55. The molecule has 1 atom stereocenters. The first-order valence-corrected chi connectivity index (χ1v) is 6.72. The molecule has 0 bridgehead atoms. The lowest BCUT2D eigenvalue weighted by Gasteiger charge is -2.10. The Labute approximate surface area is 107 Å². The third-order valence-corrected chi connectivity index (χ3v) is 3.64. The number of aromatic nitrogens is 2. The summed E-state index contributed by atoms with van der Waals surface area (Å²) in [6.07, 6.45) is 2.56. The largest absolute Gasteiger partial charge is 0.385 e. The predicted molar refractivity (Wildman–Crippen MR) is 74.9 cm³/mol.